The Hall–Kier alpha value is -4.01. The molecule has 1 aliphatic carbocycles. The highest BCUT2D eigenvalue weighted by Crippen LogP contribution is 2.55. The summed E-state index contributed by atoms with van der Waals surface area (Å²) < 4.78 is 14.9. The summed E-state index contributed by atoms with van der Waals surface area (Å²) in [6, 6.07) is 9.42. The Labute approximate surface area is 218 Å². The van der Waals surface area contributed by atoms with Crippen molar-refractivity contribution in [3.05, 3.63) is 50.9 Å². The molecule has 2 unspecified atom stereocenters. The van der Waals surface area contributed by atoms with Gasteiger partial charge in [-0.05, 0) is 31.7 Å². The van der Waals surface area contributed by atoms with E-state index in [0.29, 0.717) is 19.5 Å². The molecule has 0 saturated heterocycles. The van der Waals surface area contributed by atoms with Gasteiger partial charge in [0.2, 0.25) is 12.2 Å². The Morgan fingerprint density at radius 2 is 1.87 bits per heavy atom. The van der Waals surface area contributed by atoms with Crippen LogP contribution in [-0.4, -0.2) is 79.8 Å². The molecule has 15 nitrogen and oxygen atoms in total. The Kier molecular flexibility index (Phi) is 11.7. The molecule has 0 aromatic heterocycles. The summed E-state index contributed by atoms with van der Waals surface area (Å²) in [5.74, 6) is -1.05. The third-order valence-corrected chi connectivity index (χ3v) is 5.96. The monoisotopic (exact) mass is 540 g/mol. The Bertz CT molecular complexity index is 960. The molecule has 2 amide bonds. The van der Waals surface area contributed by atoms with Crippen molar-refractivity contribution in [3.63, 3.8) is 0 Å². The second-order valence-electron chi connectivity index (χ2n) is 8.40. The largest absolute Gasteiger partial charge is 0.424 e. The van der Waals surface area contributed by atoms with Gasteiger partial charge in [0.15, 0.2) is 11.4 Å². The molecular weight excluding hydrogens is 508 g/mol. The minimum absolute atomic E-state index is 0.0102. The second-order valence-corrected chi connectivity index (χ2v) is 8.40. The van der Waals surface area contributed by atoms with E-state index in [1.165, 1.54) is 6.92 Å². The van der Waals surface area contributed by atoms with Gasteiger partial charge < -0.3 is 34.1 Å². The third kappa shape index (κ3) is 8.54. The van der Waals surface area contributed by atoms with Crippen molar-refractivity contribution in [3.8, 4) is 0 Å². The zero-order valence-electron chi connectivity index (χ0n) is 21.4. The maximum Gasteiger partial charge on any atom is 0.410 e. The van der Waals surface area contributed by atoms with E-state index in [4.69, 9.17) is 14.2 Å². The summed E-state index contributed by atoms with van der Waals surface area (Å²) in [4.78, 5) is 68.0. The van der Waals surface area contributed by atoms with Crippen LogP contribution in [0.4, 0.5) is 4.79 Å². The quantitative estimate of drug-likeness (QED) is 0.0997. The van der Waals surface area contributed by atoms with Gasteiger partial charge in [-0.25, -0.2) is 9.59 Å². The Morgan fingerprint density at radius 3 is 2.47 bits per heavy atom. The lowest BCUT2D eigenvalue weighted by atomic mass is 9.91. The fourth-order valence-electron chi connectivity index (χ4n) is 4.10. The topological polar surface area (TPSA) is 185 Å². The van der Waals surface area contributed by atoms with Crippen LogP contribution in [0.25, 0.3) is 0 Å². The van der Waals surface area contributed by atoms with E-state index >= 15 is 0 Å². The van der Waals surface area contributed by atoms with Crippen LogP contribution in [0.1, 0.15) is 32.8 Å². The number of esters is 1. The number of alkyl carbamates (subject to hydrolysis) is 1. The summed E-state index contributed by atoms with van der Waals surface area (Å²) in [5, 5.41) is 14.0. The highest BCUT2D eigenvalue weighted by molar-refractivity contribution is 5.92. The molecule has 210 valence electrons. The molecule has 0 bridgehead atoms. The maximum absolute atomic E-state index is 13.3. The standard InChI is InChI=1S/C23H32N4O11/c1-4-26(5-2)21(29)23(17-9-7-6-8-10-17)11-18(23)12-24-22(30)37-16(3)36-20(28)15-34-13-19(14-35-25-31)38-27(32)33/h6-10,16,18-19H,4-5,11-15H2,1-3H3,(H,24,30)/t16?,18-,19?,23+/m1/s1. The maximum atomic E-state index is 13.3. The molecule has 0 radical (unpaired) electrons. The predicted molar refractivity (Wildman–Crippen MR) is 129 cm³/mol. The molecular formula is C23H32N4O11. The van der Waals surface area contributed by atoms with Crippen molar-refractivity contribution in [2.24, 2.45) is 11.3 Å². The minimum atomic E-state index is -1.30. The van der Waals surface area contributed by atoms with E-state index in [1.54, 1.807) is 4.90 Å². The lowest BCUT2D eigenvalue weighted by Gasteiger charge is -2.26. The first-order valence-electron chi connectivity index (χ1n) is 12.0. The molecule has 15 heteroatoms. The summed E-state index contributed by atoms with van der Waals surface area (Å²) in [6.07, 6.45) is -2.83. The highest BCUT2D eigenvalue weighted by Gasteiger charge is 2.61. The van der Waals surface area contributed by atoms with Crippen LogP contribution in [0.5, 0.6) is 0 Å². The highest BCUT2D eigenvalue weighted by atomic mass is 17.0. The molecule has 1 aromatic carbocycles. The smallest absolute Gasteiger partial charge is 0.410 e. The fraction of sp³-hybridized carbons (Fsp3) is 0.609. The van der Waals surface area contributed by atoms with E-state index in [9.17, 15) is 29.4 Å². The number of likely N-dealkylation sites (N-methyl/N-ethyl adjacent to an activating group) is 1. The number of nitrogens with one attached hydrogen (secondary N) is 1. The normalized spacial score (nSPS) is 19.3. The zero-order valence-corrected chi connectivity index (χ0v) is 21.4. The number of benzene rings is 1. The SMILES string of the molecule is CCN(CC)C(=O)[C@]1(c2ccccc2)C[C@@H]1CNC(=O)OC(C)OC(=O)COCC(CON=O)O[N+](=O)[O-]. The molecule has 0 heterocycles. The molecule has 1 fully saturated rings. The van der Waals surface area contributed by atoms with Crippen LogP contribution in [0.2, 0.25) is 0 Å². The number of rotatable bonds is 17. The average Bonchev–Trinajstić information content (AvgIpc) is 3.62. The van der Waals surface area contributed by atoms with Gasteiger partial charge in [-0.15, -0.1) is 15.0 Å². The zero-order chi connectivity index (χ0) is 28.1. The van der Waals surface area contributed by atoms with Gasteiger partial charge in [-0.2, -0.15) is 0 Å². The van der Waals surface area contributed by atoms with Crippen LogP contribution in [0.3, 0.4) is 0 Å². The number of carbonyl (C=O) groups excluding carboxylic acids is 3. The lowest BCUT2D eigenvalue weighted by molar-refractivity contribution is -0.769. The number of ether oxygens (including phenoxy) is 3. The average molecular weight is 541 g/mol. The molecule has 2 rings (SSSR count). The van der Waals surface area contributed by atoms with Gasteiger partial charge in [0.25, 0.3) is 5.09 Å². The van der Waals surface area contributed by atoms with E-state index in [1.807, 2.05) is 44.2 Å². The molecule has 1 aliphatic rings. The first kappa shape index (κ1) is 30.2. The van der Waals surface area contributed by atoms with Gasteiger partial charge in [-0.3, -0.25) is 4.79 Å². The second kappa shape index (κ2) is 14.7. The van der Waals surface area contributed by atoms with Crippen LogP contribution < -0.4 is 5.32 Å². The van der Waals surface area contributed by atoms with Gasteiger partial charge in [0.1, 0.15) is 13.2 Å². The number of hydrogen-bond donors (Lipinski definition) is 1. The number of amides is 2. The summed E-state index contributed by atoms with van der Waals surface area (Å²) in [5.41, 5.74) is 0.166. The first-order valence-corrected chi connectivity index (χ1v) is 12.0. The minimum Gasteiger partial charge on any atom is -0.424 e. The molecule has 0 aliphatic heterocycles. The molecule has 1 aromatic rings. The van der Waals surface area contributed by atoms with Gasteiger partial charge in [0, 0.05) is 26.6 Å². The third-order valence-electron chi connectivity index (χ3n) is 5.96. The van der Waals surface area contributed by atoms with Crippen molar-refractivity contribution in [1.82, 2.24) is 10.2 Å². The van der Waals surface area contributed by atoms with Crippen LogP contribution in [0.15, 0.2) is 35.7 Å². The Morgan fingerprint density at radius 1 is 1.18 bits per heavy atom. The van der Waals surface area contributed by atoms with Crippen LogP contribution in [0, 0.1) is 20.9 Å². The predicted octanol–water partition coefficient (Wildman–Crippen LogP) is 1.72. The molecule has 1 N–H and O–H groups in total. The number of nitrogens with zero attached hydrogens (tertiary/aromatic N) is 3. The molecule has 0 spiro atoms. The van der Waals surface area contributed by atoms with Gasteiger partial charge >= 0.3 is 12.1 Å². The summed E-state index contributed by atoms with van der Waals surface area (Å²) in [6.45, 7) is 4.80. The van der Waals surface area contributed by atoms with Crippen molar-refractivity contribution < 1.29 is 43.4 Å². The lowest BCUT2D eigenvalue weighted by Crippen LogP contribution is -2.41. The van der Waals surface area contributed by atoms with Crippen molar-refractivity contribution >= 4 is 18.0 Å². The van der Waals surface area contributed by atoms with Crippen LogP contribution in [-0.2, 0) is 38.9 Å². The van der Waals surface area contributed by atoms with Crippen molar-refractivity contribution in [1.29, 1.82) is 0 Å². The van der Waals surface area contributed by atoms with Gasteiger partial charge in [-0.1, -0.05) is 30.3 Å². The number of hydrogen-bond acceptors (Lipinski definition) is 12. The van der Waals surface area contributed by atoms with Crippen LogP contribution >= 0.6 is 0 Å². The van der Waals surface area contributed by atoms with E-state index in [0.717, 1.165) is 5.56 Å². The first-order chi connectivity index (χ1) is 18.2. The summed E-state index contributed by atoms with van der Waals surface area (Å²) in [7, 11) is 0. The molecule has 1 saturated carbocycles. The van der Waals surface area contributed by atoms with E-state index in [2.05, 4.69) is 20.3 Å². The van der Waals surface area contributed by atoms with E-state index < -0.39 is 54.8 Å². The molecule has 4 atom stereocenters. The van der Waals surface area contributed by atoms with Gasteiger partial charge in [0.05, 0.1) is 12.0 Å². The summed E-state index contributed by atoms with van der Waals surface area (Å²) >= 11 is 0. The number of carbonyl (C=O) groups is 3. The molecule has 38 heavy (non-hydrogen) atoms. The fourth-order valence-corrected chi connectivity index (χ4v) is 4.10. The van der Waals surface area contributed by atoms with Crippen molar-refractivity contribution in [2.75, 3.05) is 39.5 Å². The van der Waals surface area contributed by atoms with Crippen molar-refractivity contribution in [2.45, 2.75) is 45.0 Å². The Balaban J connectivity index is 1.80. The van der Waals surface area contributed by atoms with E-state index in [-0.39, 0.29) is 18.4 Å².